The third kappa shape index (κ3) is 5.94. The Bertz CT molecular complexity index is 1110. The van der Waals surface area contributed by atoms with Crippen LogP contribution in [0.4, 0.5) is 11.5 Å². The minimum Gasteiger partial charge on any atom is -0.355 e. The lowest BCUT2D eigenvalue weighted by Gasteiger charge is -2.34. The van der Waals surface area contributed by atoms with Crippen molar-refractivity contribution in [3.63, 3.8) is 0 Å². The van der Waals surface area contributed by atoms with Crippen molar-refractivity contribution in [1.29, 1.82) is 0 Å². The molecule has 1 amide bonds. The van der Waals surface area contributed by atoms with Gasteiger partial charge in [0.15, 0.2) is 0 Å². The maximum Gasteiger partial charge on any atom is 0.234 e. The standard InChI is InChI=1S/C26H30N6O/c33-26-18-32-11-9-31(10-12-32)17-22-5-1-4-21(13-22)15-24-16-25(29-19-28-24)30-23-6-2-3-20(14-23)7-8-27-26/h1-6,13-14,16,19H,7-12,15,17-18H2,(H,27,33)(H,28,29,30). The topological polar surface area (TPSA) is 73.4 Å². The zero-order valence-electron chi connectivity index (χ0n) is 18.8. The number of anilines is 2. The van der Waals surface area contributed by atoms with Gasteiger partial charge in [0.2, 0.25) is 5.91 Å². The van der Waals surface area contributed by atoms with Crippen molar-refractivity contribution in [3.8, 4) is 0 Å². The van der Waals surface area contributed by atoms with E-state index in [0.29, 0.717) is 13.1 Å². The van der Waals surface area contributed by atoms with E-state index in [1.54, 1.807) is 6.33 Å². The summed E-state index contributed by atoms with van der Waals surface area (Å²) in [4.78, 5) is 26.0. The lowest BCUT2D eigenvalue weighted by molar-refractivity contribution is -0.122. The Kier molecular flexibility index (Phi) is 6.60. The molecule has 33 heavy (non-hydrogen) atoms. The van der Waals surface area contributed by atoms with Crippen LogP contribution in [-0.4, -0.2) is 64.9 Å². The Balaban J connectivity index is 1.39. The zero-order valence-corrected chi connectivity index (χ0v) is 18.8. The van der Waals surface area contributed by atoms with Gasteiger partial charge in [0.25, 0.3) is 0 Å². The Labute approximate surface area is 194 Å². The van der Waals surface area contributed by atoms with Crippen molar-refractivity contribution in [2.45, 2.75) is 19.4 Å². The van der Waals surface area contributed by atoms with Gasteiger partial charge in [0, 0.05) is 57.4 Å². The molecule has 4 heterocycles. The fraction of sp³-hybridized carbons (Fsp3) is 0.346. The number of rotatable bonds is 0. The number of fused-ring (bicyclic) bond motifs is 6. The fourth-order valence-corrected chi connectivity index (χ4v) is 4.53. The molecule has 1 saturated heterocycles. The van der Waals surface area contributed by atoms with Crippen molar-refractivity contribution in [1.82, 2.24) is 25.1 Å². The Hall–Kier alpha value is -3.29. The third-order valence-electron chi connectivity index (χ3n) is 6.27. The molecule has 3 aromatic rings. The lowest BCUT2D eigenvalue weighted by Crippen LogP contribution is -2.49. The molecule has 0 atom stereocenters. The highest BCUT2D eigenvalue weighted by atomic mass is 16.2. The Morgan fingerprint density at radius 1 is 0.788 bits per heavy atom. The normalized spacial score (nSPS) is 21.4. The first-order chi connectivity index (χ1) is 16.2. The highest BCUT2D eigenvalue weighted by molar-refractivity contribution is 5.78. The van der Waals surface area contributed by atoms with Crippen molar-refractivity contribution in [3.05, 3.63) is 83.3 Å². The van der Waals surface area contributed by atoms with Crippen LogP contribution in [0.2, 0.25) is 0 Å². The molecule has 0 unspecified atom stereocenters. The van der Waals surface area contributed by atoms with Gasteiger partial charge in [-0.05, 0) is 35.2 Å². The van der Waals surface area contributed by atoms with Gasteiger partial charge in [0.05, 0.1) is 12.2 Å². The maximum absolute atomic E-state index is 12.4. The number of nitrogens with one attached hydrogen (secondary N) is 2. The minimum absolute atomic E-state index is 0.102. The number of carbonyl (C=O) groups is 1. The summed E-state index contributed by atoms with van der Waals surface area (Å²) in [6.07, 6.45) is 3.18. The molecule has 8 bridgehead atoms. The summed E-state index contributed by atoms with van der Waals surface area (Å²) in [6.45, 7) is 5.83. The first-order valence-corrected chi connectivity index (χ1v) is 11.7. The average molecular weight is 443 g/mol. The summed E-state index contributed by atoms with van der Waals surface area (Å²) in [7, 11) is 0. The molecule has 2 N–H and O–H groups in total. The molecule has 0 aliphatic carbocycles. The van der Waals surface area contributed by atoms with Crippen molar-refractivity contribution in [2.24, 2.45) is 0 Å². The molecule has 2 aromatic carbocycles. The highest BCUT2D eigenvalue weighted by Crippen LogP contribution is 2.19. The van der Waals surface area contributed by atoms with Gasteiger partial charge in [-0.1, -0.05) is 36.4 Å². The van der Waals surface area contributed by atoms with Gasteiger partial charge in [0.1, 0.15) is 12.1 Å². The number of hydrogen-bond donors (Lipinski definition) is 2. The summed E-state index contributed by atoms with van der Waals surface area (Å²) in [5.74, 6) is 0.884. The van der Waals surface area contributed by atoms with Crippen molar-refractivity contribution >= 4 is 17.4 Å². The monoisotopic (exact) mass is 442 g/mol. The number of hydrogen-bond acceptors (Lipinski definition) is 6. The van der Waals surface area contributed by atoms with Crippen LogP contribution >= 0.6 is 0 Å². The largest absolute Gasteiger partial charge is 0.355 e. The Morgan fingerprint density at radius 2 is 1.55 bits per heavy atom. The van der Waals surface area contributed by atoms with E-state index in [9.17, 15) is 4.79 Å². The van der Waals surface area contributed by atoms with E-state index >= 15 is 0 Å². The third-order valence-corrected chi connectivity index (χ3v) is 6.27. The number of piperazine rings is 1. The molecule has 7 heteroatoms. The molecule has 170 valence electrons. The Morgan fingerprint density at radius 3 is 2.42 bits per heavy atom. The van der Waals surface area contributed by atoms with Crippen LogP contribution in [0.1, 0.15) is 22.4 Å². The van der Waals surface area contributed by atoms with Gasteiger partial charge in [-0.2, -0.15) is 0 Å². The second-order valence-electron chi connectivity index (χ2n) is 8.87. The van der Waals surface area contributed by atoms with Crippen LogP contribution in [0.5, 0.6) is 0 Å². The number of amides is 1. The molecule has 3 aliphatic rings. The summed E-state index contributed by atoms with van der Waals surface area (Å²) in [5.41, 5.74) is 5.71. The lowest BCUT2D eigenvalue weighted by atomic mass is 10.1. The number of aromatic nitrogens is 2. The fourth-order valence-electron chi connectivity index (χ4n) is 4.53. The van der Waals surface area contributed by atoms with E-state index in [-0.39, 0.29) is 5.91 Å². The van der Waals surface area contributed by atoms with Crippen LogP contribution in [0.15, 0.2) is 60.9 Å². The zero-order chi connectivity index (χ0) is 22.5. The van der Waals surface area contributed by atoms with Gasteiger partial charge >= 0.3 is 0 Å². The second-order valence-corrected chi connectivity index (χ2v) is 8.87. The molecule has 3 aliphatic heterocycles. The quantitative estimate of drug-likeness (QED) is 0.558. The molecular weight excluding hydrogens is 412 g/mol. The number of benzene rings is 2. The van der Waals surface area contributed by atoms with Crippen LogP contribution in [0.25, 0.3) is 0 Å². The minimum atomic E-state index is 0.102. The van der Waals surface area contributed by atoms with Gasteiger partial charge in [-0.15, -0.1) is 0 Å². The summed E-state index contributed by atoms with van der Waals surface area (Å²) in [6, 6.07) is 19.0. The first-order valence-electron chi connectivity index (χ1n) is 11.7. The van der Waals surface area contributed by atoms with Crippen LogP contribution in [-0.2, 0) is 24.2 Å². The van der Waals surface area contributed by atoms with E-state index in [0.717, 1.165) is 62.8 Å². The smallest absolute Gasteiger partial charge is 0.234 e. The molecule has 1 aromatic heterocycles. The predicted octanol–water partition coefficient (Wildman–Crippen LogP) is 2.60. The number of carbonyl (C=O) groups excluding carboxylic acids is 1. The summed E-state index contributed by atoms with van der Waals surface area (Å²) < 4.78 is 0. The molecule has 7 nitrogen and oxygen atoms in total. The second kappa shape index (κ2) is 10.1. The van der Waals surface area contributed by atoms with E-state index in [2.05, 4.69) is 66.8 Å². The van der Waals surface area contributed by atoms with E-state index in [1.165, 1.54) is 16.7 Å². The van der Waals surface area contributed by atoms with E-state index in [1.807, 2.05) is 18.2 Å². The average Bonchev–Trinajstić information content (AvgIpc) is 2.81. The van der Waals surface area contributed by atoms with Crippen molar-refractivity contribution in [2.75, 3.05) is 44.6 Å². The SMILES string of the molecule is O=C1CN2CCN(CC2)Cc2cccc(c2)Cc2cc(ncn2)Nc2cccc(c2)CCN1. The summed E-state index contributed by atoms with van der Waals surface area (Å²) in [5, 5.41) is 6.48. The highest BCUT2D eigenvalue weighted by Gasteiger charge is 2.19. The molecular formula is C26H30N6O. The maximum atomic E-state index is 12.4. The van der Waals surface area contributed by atoms with E-state index < -0.39 is 0 Å². The first kappa shape index (κ1) is 21.6. The van der Waals surface area contributed by atoms with Gasteiger partial charge in [-0.3, -0.25) is 14.6 Å². The predicted molar refractivity (Wildman–Crippen MR) is 129 cm³/mol. The molecule has 1 fully saturated rings. The van der Waals surface area contributed by atoms with Gasteiger partial charge < -0.3 is 10.6 Å². The molecule has 0 radical (unpaired) electrons. The number of nitrogens with zero attached hydrogens (tertiary/aromatic N) is 4. The molecule has 6 rings (SSSR count). The van der Waals surface area contributed by atoms with Gasteiger partial charge in [-0.25, -0.2) is 9.97 Å². The van der Waals surface area contributed by atoms with Crippen LogP contribution in [0, 0.1) is 0 Å². The van der Waals surface area contributed by atoms with Crippen LogP contribution in [0.3, 0.4) is 0 Å². The van der Waals surface area contributed by atoms with Crippen molar-refractivity contribution < 1.29 is 4.79 Å². The van der Waals surface area contributed by atoms with E-state index in [4.69, 9.17) is 0 Å². The van der Waals surface area contributed by atoms with Crippen LogP contribution < -0.4 is 10.6 Å². The molecule has 0 saturated carbocycles. The summed E-state index contributed by atoms with van der Waals surface area (Å²) >= 11 is 0. The molecule has 0 spiro atoms.